The number of carbonyl (C=O) groups excluding carboxylic acids is 1. The van der Waals surface area contributed by atoms with Gasteiger partial charge in [-0.15, -0.1) is 0 Å². The molecule has 1 amide bonds. The molecule has 0 saturated heterocycles. The van der Waals surface area contributed by atoms with E-state index in [0.717, 1.165) is 29.3 Å². The highest BCUT2D eigenvalue weighted by Gasteiger charge is 2.17. The third-order valence-corrected chi connectivity index (χ3v) is 5.04. The van der Waals surface area contributed by atoms with Crippen molar-refractivity contribution in [3.8, 4) is 0 Å². The van der Waals surface area contributed by atoms with E-state index in [0.29, 0.717) is 11.3 Å². The molecular weight excluding hydrogens is 330 g/mol. The number of aromatic nitrogens is 1. The van der Waals surface area contributed by atoms with E-state index < -0.39 is 4.92 Å². The highest BCUT2D eigenvalue weighted by Crippen LogP contribution is 2.30. The first-order valence-electron chi connectivity index (χ1n) is 8.73. The van der Waals surface area contributed by atoms with Gasteiger partial charge in [-0.25, -0.2) is 0 Å². The van der Waals surface area contributed by atoms with Crippen LogP contribution in [0, 0.1) is 17.0 Å². The van der Waals surface area contributed by atoms with Crippen molar-refractivity contribution in [3.63, 3.8) is 0 Å². The lowest BCUT2D eigenvalue weighted by Gasteiger charge is -2.11. The number of amides is 1. The van der Waals surface area contributed by atoms with Crippen LogP contribution in [0.2, 0.25) is 0 Å². The molecule has 0 atom stereocenters. The number of anilines is 1. The third kappa shape index (κ3) is 2.83. The van der Waals surface area contributed by atoms with E-state index >= 15 is 0 Å². The van der Waals surface area contributed by atoms with Gasteiger partial charge in [-0.2, -0.15) is 0 Å². The summed E-state index contributed by atoms with van der Waals surface area (Å²) in [4.78, 5) is 26.6. The topological polar surface area (TPSA) is 88.0 Å². The van der Waals surface area contributed by atoms with E-state index in [2.05, 4.69) is 10.3 Å². The molecule has 0 saturated carbocycles. The lowest BCUT2D eigenvalue weighted by molar-refractivity contribution is -0.384. The lowest BCUT2D eigenvalue weighted by atomic mass is 9.95. The molecule has 1 aliphatic carbocycles. The van der Waals surface area contributed by atoms with Gasteiger partial charge < -0.3 is 10.3 Å². The monoisotopic (exact) mass is 349 g/mol. The number of nitrogens with zero attached hydrogens (tertiary/aromatic N) is 1. The number of non-ortho nitro benzene ring substituents is 1. The largest absolute Gasteiger partial charge is 0.358 e. The van der Waals surface area contributed by atoms with E-state index in [1.54, 1.807) is 12.1 Å². The molecule has 132 valence electrons. The molecule has 0 radical (unpaired) electrons. The first-order chi connectivity index (χ1) is 12.5. The lowest BCUT2D eigenvalue weighted by Crippen LogP contribution is -2.13. The van der Waals surface area contributed by atoms with E-state index in [4.69, 9.17) is 0 Å². The number of fused-ring (bicyclic) bond motifs is 3. The molecule has 0 fully saturated rings. The number of nitro groups is 1. The first-order valence-corrected chi connectivity index (χ1v) is 8.73. The molecule has 0 unspecified atom stereocenters. The van der Waals surface area contributed by atoms with Crippen LogP contribution in [-0.2, 0) is 12.8 Å². The van der Waals surface area contributed by atoms with Gasteiger partial charge in [0.25, 0.3) is 11.6 Å². The van der Waals surface area contributed by atoms with Crippen molar-refractivity contribution in [3.05, 3.63) is 68.9 Å². The van der Waals surface area contributed by atoms with Gasteiger partial charge >= 0.3 is 0 Å². The highest BCUT2D eigenvalue weighted by molar-refractivity contribution is 6.07. The second-order valence-electron chi connectivity index (χ2n) is 6.76. The summed E-state index contributed by atoms with van der Waals surface area (Å²) >= 11 is 0. The van der Waals surface area contributed by atoms with Gasteiger partial charge in [0.1, 0.15) is 0 Å². The van der Waals surface area contributed by atoms with Crippen molar-refractivity contribution in [2.45, 2.75) is 32.6 Å². The smallest absolute Gasteiger partial charge is 0.271 e. The number of nitrogens with one attached hydrogen (secondary N) is 2. The van der Waals surface area contributed by atoms with Crippen molar-refractivity contribution in [2.75, 3.05) is 5.32 Å². The van der Waals surface area contributed by atoms with E-state index in [1.165, 1.54) is 36.2 Å². The number of rotatable bonds is 3. The maximum atomic E-state index is 12.7. The molecule has 6 nitrogen and oxygen atoms in total. The molecule has 6 heteroatoms. The quantitative estimate of drug-likeness (QED) is 0.538. The summed E-state index contributed by atoms with van der Waals surface area (Å²) in [6.45, 7) is 1.81. The van der Waals surface area contributed by atoms with Crippen molar-refractivity contribution in [1.29, 1.82) is 0 Å². The Bertz CT molecular complexity index is 1040. The maximum Gasteiger partial charge on any atom is 0.271 e. The molecule has 0 bridgehead atoms. The maximum absolute atomic E-state index is 12.7. The zero-order chi connectivity index (χ0) is 18.3. The number of aryl methyl sites for hydroxylation is 3. The number of H-pyrrole nitrogens is 1. The first kappa shape index (κ1) is 16.3. The Labute approximate surface area is 150 Å². The molecule has 4 rings (SSSR count). The molecule has 1 aliphatic rings. The predicted molar refractivity (Wildman–Crippen MR) is 101 cm³/mol. The van der Waals surface area contributed by atoms with E-state index in [1.807, 2.05) is 19.1 Å². The average Bonchev–Trinajstić information content (AvgIpc) is 3.01. The van der Waals surface area contributed by atoms with Crippen molar-refractivity contribution < 1.29 is 9.72 Å². The van der Waals surface area contributed by atoms with Gasteiger partial charge in [-0.05, 0) is 61.9 Å². The number of hydrogen-bond acceptors (Lipinski definition) is 3. The Kier molecular flexibility index (Phi) is 3.95. The van der Waals surface area contributed by atoms with Crippen LogP contribution in [0.1, 0.15) is 40.0 Å². The molecule has 26 heavy (non-hydrogen) atoms. The summed E-state index contributed by atoms with van der Waals surface area (Å²) in [5.41, 5.74) is 5.40. The number of benzene rings is 2. The fourth-order valence-electron chi connectivity index (χ4n) is 3.60. The summed E-state index contributed by atoms with van der Waals surface area (Å²) < 4.78 is 0. The van der Waals surface area contributed by atoms with Gasteiger partial charge in [0, 0.05) is 34.3 Å². The zero-order valence-electron chi connectivity index (χ0n) is 14.5. The molecule has 0 aliphatic heterocycles. The third-order valence-electron chi connectivity index (χ3n) is 5.04. The second-order valence-corrected chi connectivity index (χ2v) is 6.76. The van der Waals surface area contributed by atoms with Crippen molar-refractivity contribution in [2.24, 2.45) is 0 Å². The van der Waals surface area contributed by atoms with Crippen LogP contribution in [0.15, 0.2) is 36.4 Å². The molecule has 2 aromatic carbocycles. The number of aromatic amines is 1. The summed E-state index contributed by atoms with van der Waals surface area (Å²) in [6.07, 6.45) is 4.45. The van der Waals surface area contributed by atoms with Crippen molar-refractivity contribution >= 4 is 28.2 Å². The van der Waals surface area contributed by atoms with Crippen LogP contribution in [0.3, 0.4) is 0 Å². The highest BCUT2D eigenvalue weighted by atomic mass is 16.6. The van der Waals surface area contributed by atoms with Gasteiger partial charge in [-0.1, -0.05) is 6.07 Å². The van der Waals surface area contributed by atoms with Gasteiger partial charge in [0.15, 0.2) is 0 Å². The Hall–Kier alpha value is -3.15. The van der Waals surface area contributed by atoms with E-state index in [9.17, 15) is 14.9 Å². The van der Waals surface area contributed by atoms with Gasteiger partial charge in [0.05, 0.1) is 10.6 Å². The van der Waals surface area contributed by atoms with Crippen molar-refractivity contribution in [1.82, 2.24) is 4.98 Å². The standard InChI is InChI=1S/C20H19N3O3/c1-12-6-8-14(23(25)26)11-19(12)22-20(24)13-7-9-18-16(10-13)15-4-2-3-5-17(15)21-18/h6-11,21H,2-5H2,1H3,(H,22,24). The minimum Gasteiger partial charge on any atom is -0.358 e. The van der Waals surface area contributed by atoms with Gasteiger partial charge in [0.2, 0.25) is 0 Å². The zero-order valence-corrected chi connectivity index (χ0v) is 14.5. The molecular formula is C20H19N3O3. The Balaban J connectivity index is 1.66. The molecule has 2 N–H and O–H groups in total. The summed E-state index contributed by atoms with van der Waals surface area (Å²) in [7, 11) is 0. The number of nitro benzene ring substituents is 1. The molecule has 1 aromatic heterocycles. The SMILES string of the molecule is Cc1ccc([N+](=O)[O-])cc1NC(=O)c1ccc2[nH]c3c(c2c1)CCCC3. The summed E-state index contributed by atoms with van der Waals surface area (Å²) in [5, 5.41) is 14.9. The van der Waals surface area contributed by atoms with Crippen LogP contribution < -0.4 is 5.32 Å². The second kappa shape index (κ2) is 6.29. The number of carbonyl (C=O) groups is 1. The fourth-order valence-corrected chi connectivity index (χ4v) is 3.60. The fraction of sp³-hybridized carbons (Fsp3) is 0.250. The minimum atomic E-state index is -0.465. The Morgan fingerprint density at radius 3 is 2.77 bits per heavy atom. The van der Waals surface area contributed by atoms with Crippen LogP contribution in [0.5, 0.6) is 0 Å². The van der Waals surface area contributed by atoms with Crippen LogP contribution in [0.4, 0.5) is 11.4 Å². The van der Waals surface area contributed by atoms with Crippen LogP contribution in [-0.4, -0.2) is 15.8 Å². The Morgan fingerprint density at radius 2 is 1.96 bits per heavy atom. The Morgan fingerprint density at radius 1 is 1.15 bits per heavy atom. The number of hydrogen-bond donors (Lipinski definition) is 2. The predicted octanol–water partition coefficient (Wildman–Crippen LogP) is 4.52. The molecule has 1 heterocycles. The van der Waals surface area contributed by atoms with Crippen LogP contribution in [0.25, 0.3) is 10.9 Å². The average molecular weight is 349 g/mol. The molecule has 3 aromatic rings. The molecule has 0 spiro atoms. The summed E-state index contributed by atoms with van der Waals surface area (Å²) in [6, 6.07) is 10.1. The summed E-state index contributed by atoms with van der Waals surface area (Å²) in [5.74, 6) is -0.263. The van der Waals surface area contributed by atoms with Crippen LogP contribution >= 0.6 is 0 Å². The van der Waals surface area contributed by atoms with Gasteiger partial charge in [-0.3, -0.25) is 14.9 Å². The normalized spacial score (nSPS) is 13.4. The minimum absolute atomic E-state index is 0.0407. The van der Waals surface area contributed by atoms with E-state index in [-0.39, 0.29) is 11.6 Å².